The third kappa shape index (κ3) is 4.63. The van der Waals surface area contributed by atoms with Gasteiger partial charge >= 0.3 is 5.97 Å². The Morgan fingerprint density at radius 1 is 1.50 bits per heavy atom. The molecule has 0 radical (unpaired) electrons. The van der Waals surface area contributed by atoms with E-state index in [1.54, 1.807) is 0 Å². The molecule has 0 heterocycles. The van der Waals surface area contributed by atoms with Crippen LogP contribution in [-0.4, -0.2) is 29.0 Å². The summed E-state index contributed by atoms with van der Waals surface area (Å²) in [6.07, 6.45) is 1.12. The maximum atomic E-state index is 9.81. The van der Waals surface area contributed by atoms with Gasteiger partial charge in [-0.05, 0) is 0 Å². The zero-order valence-electron chi connectivity index (χ0n) is 5.07. The molecule has 0 aliphatic carbocycles. The number of aldehydes is 1. The molecular weight excluding hydrogens is 138 g/mol. The van der Waals surface area contributed by atoms with Crippen molar-refractivity contribution in [2.45, 2.75) is 0 Å². The van der Waals surface area contributed by atoms with Gasteiger partial charge in [0.25, 0.3) is 0 Å². The van der Waals surface area contributed by atoms with Gasteiger partial charge in [0.15, 0.2) is 12.0 Å². The average Bonchev–Trinajstić information content (AvgIpc) is 1.87. The molecule has 0 rings (SSSR count). The van der Waals surface area contributed by atoms with Crippen LogP contribution in [0.5, 0.6) is 0 Å². The quantitative estimate of drug-likeness (QED) is 0.275. The van der Waals surface area contributed by atoms with E-state index in [2.05, 4.69) is 5.32 Å². The standard InChI is InChI=1S/C5H7NO4/c7-3-4(8)1-6-2-5(9)10/h1,3,6,8H,2H2,(H,9,10)/b4-1-. The molecule has 5 nitrogen and oxygen atoms in total. The van der Waals surface area contributed by atoms with Crippen LogP contribution < -0.4 is 5.32 Å². The summed E-state index contributed by atoms with van der Waals surface area (Å²) in [5, 5.41) is 18.6. The van der Waals surface area contributed by atoms with Gasteiger partial charge < -0.3 is 15.5 Å². The third-order valence-electron chi connectivity index (χ3n) is 0.624. The number of carbonyl (C=O) groups is 2. The Hall–Kier alpha value is -1.52. The van der Waals surface area contributed by atoms with E-state index in [0.29, 0.717) is 0 Å². The number of hydrogen-bond acceptors (Lipinski definition) is 4. The number of carbonyl (C=O) groups excluding carboxylic acids is 1. The highest BCUT2D eigenvalue weighted by Gasteiger charge is 1.91. The molecule has 0 atom stereocenters. The molecule has 0 aromatic rings. The second kappa shape index (κ2) is 4.37. The average molecular weight is 145 g/mol. The van der Waals surface area contributed by atoms with Crippen molar-refractivity contribution in [1.29, 1.82) is 0 Å². The molecule has 0 bridgehead atoms. The van der Waals surface area contributed by atoms with Gasteiger partial charge in [-0.2, -0.15) is 0 Å². The highest BCUT2D eigenvalue weighted by molar-refractivity contribution is 5.71. The summed E-state index contributed by atoms with van der Waals surface area (Å²) in [5.74, 6) is -1.59. The number of carboxylic acids is 1. The molecular formula is C5H7NO4. The Kier molecular flexibility index (Phi) is 3.70. The molecule has 0 amide bonds. The van der Waals surface area contributed by atoms with E-state index < -0.39 is 11.7 Å². The molecule has 0 saturated heterocycles. The SMILES string of the molecule is O=C/C(O)=C/NCC(=O)O. The second-order valence-electron chi connectivity index (χ2n) is 1.46. The lowest BCUT2D eigenvalue weighted by molar-refractivity contribution is -0.135. The van der Waals surface area contributed by atoms with Gasteiger partial charge in [-0.3, -0.25) is 9.59 Å². The fourth-order valence-corrected chi connectivity index (χ4v) is 0.277. The maximum Gasteiger partial charge on any atom is 0.322 e. The normalized spacial score (nSPS) is 10.6. The van der Waals surface area contributed by atoms with Gasteiger partial charge in [-0.1, -0.05) is 0 Å². The Balaban J connectivity index is 3.52. The zero-order valence-corrected chi connectivity index (χ0v) is 5.07. The minimum absolute atomic E-state index is 0.203. The van der Waals surface area contributed by atoms with Crippen LogP contribution in [-0.2, 0) is 9.59 Å². The van der Waals surface area contributed by atoms with Crippen LogP contribution in [0.3, 0.4) is 0 Å². The summed E-state index contributed by atoms with van der Waals surface area (Å²) < 4.78 is 0. The van der Waals surface area contributed by atoms with Crippen molar-refractivity contribution >= 4 is 12.3 Å². The number of aliphatic carboxylic acids is 1. The van der Waals surface area contributed by atoms with Crippen molar-refractivity contribution in [1.82, 2.24) is 5.32 Å². The Bertz CT molecular complexity index is 163. The summed E-state index contributed by atoms with van der Waals surface area (Å²) in [7, 11) is 0. The molecule has 3 N–H and O–H groups in total. The van der Waals surface area contributed by atoms with Crippen LogP contribution in [0.1, 0.15) is 0 Å². The molecule has 0 aromatic carbocycles. The largest absolute Gasteiger partial charge is 0.504 e. The smallest absolute Gasteiger partial charge is 0.322 e. The van der Waals surface area contributed by atoms with Gasteiger partial charge in [-0.15, -0.1) is 0 Å². The zero-order chi connectivity index (χ0) is 7.98. The molecule has 0 aliphatic rings. The molecule has 0 unspecified atom stereocenters. The van der Waals surface area contributed by atoms with Crippen molar-refractivity contribution in [3.05, 3.63) is 12.0 Å². The maximum absolute atomic E-state index is 9.81. The van der Waals surface area contributed by atoms with Gasteiger partial charge in [0.05, 0.1) is 0 Å². The Labute approximate surface area is 57.0 Å². The molecule has 56 valence electrons. The van der Waals surface area contributed by atoms with Crippen LogP contribution in [0.2, 0.25) is 0 Å². The lowest BCUT2D eigenvalue weighted by Gasteiger charge is -1.92. The molecule has 0 aromatic heterocycles. The fourth-order valence-electron chi connectivity index (χ4n) is 0.277. The Morgan fingerprint density at radius 3 is 2.50 bits per heavy atom. The molecule has 10 heavy (non-hydrogen) atoms. The van der Waals surface area contributed by atoms with Gasteiger partial charge in [0.1, 0.15) is 6.54 Å². The minimum atomic E-state index is -1.06. The number of nitrogens with one attached hydrogen (secondary N) is 1. The molecule has 0 saturated carbocycles. The van der Waals surface area contributed by atoms with E-state index in [0.717, 1.165) is 6.20 Å². The van der Waals surface area contributed by atoms with Crippen molar-refractivity contribution in [2.24, 2.45) is 0 Å². The highest BCUT2D eigenvalue weighted by Crippen LogP contribution is 1.75. The number of hydrogen-bond donors (Lipinski definition) is 3. The van der Waals surface area contributed by atoms with E-state index in [1.807, 2.05) is 0 Å². The van der Waals surface area contributed by atoms with Crippen LogP contribution in [0, 0.1) is 0 Å². The Morgan fingerprint density at radius 2 is 2.10 bits per heavy atom. The van der Waals surface area contributed by atoms with E-state index in [-0.39, 0.29) is 12.8 Å². The van der Waals surface area contributed by atoms with Crippen molar-refractivity contribution < 1.29 is 19.8 Å². The number of rotatable bonds is 4. The lowest BCUT2D eigenvalue weighted by atomic mass is 10.6. The number of carboxylic acid groups (broad SMARTS) is 1. The van der Waals surface area contributed by atoms with Crippen molar-refractivity contribution in [2.75, 3.05) is 6.54 Å². The molecule has 0 aliphatic heterocycles. The monoisotopic (exact) mass is 145 g/mol. The fraction of sp³-hybridized carbons (Fsp3) is 0.200. The van der Waals surface area contributed by atoms with E-state index in [4.69, 9.17) is 10.2 Å². The molecule has 0 fully saturated rings. The van der Waals surface area contributed by atoms with Gasteiger partial charge in [0.2, 0.25) is 0 Å². The first-order valence-corrected chi connectivity index (χ1v) is 2.46. The predicted molar refractivity (Wildman–Crippen MR) is 32.4 cm³/mol. The van der Waals surface area contributed by atoms with Crippen LogP contribution >= 0.6 is 0 Å². The first-order valence-electron chi connectivity index (χ1n) is 2.46. The van der Waals surface area contributed by atoms with E-state index in [1.165, 1.54) is 0 Å². The molecule has 5 heteroatoms. The van der Waals surface area contributed by atoms with Crippen LogP contribution in [0.4, 0.5) is 0 Å². The van der Waals surface area contributed by atoms with Crippen molar-refractivity contribution in [3.63, 3.8) is 0 Å². The number of aliphatic hydroxyl groups excluding tert-OH is 1. The number of allylic oxidation sites excluding steroid dienone is 1. The summed E-state index contributed by atoms with van der Waals surface area (Å²) in [6.45, 7) is -0.322. The summed E-state index contributed by atoms with van der Waals surface area (Å²) in [5.41, 5.74) is 0. The second-order valence-corrected chi connectivity index (χ2v) is 1.46. The highest BCUT2D eigenvalue weighted by atomic mass is 16.4. The van der Waals surface area contributed by atoms with Crippen LogP contribution in [0.25, 0.3) is 0 Å². The topological polar surface area (TPSA) is 86.6 Å². The summed E-state index contributed by atoms with van der Waals surface area (Å²) in [4.78, 5) is 19.5. The third-order valence-corrected chi connectivity index (χ3v) is 0.624. The van der Waals surface area contributed by atoms with E-state index >= 15 is 0 Å². The van der Waals surface area contributed by atoms with Crippen LogP contribution in [0.15, 0.2) is 12.0 Å². The molecule has 0 spiro atoms. The van der Waals surface area contributed by atoms with E-state index in [9.17, 15) is 9.59 Å². The van der Waals surface area contributed by atoms with Gasteiger partial charge in [-0.25, -0.2) is 0 Å². The first-order chi connectivity index (χ1) is 4.66. The van der Waals surface area contributed by atoms with Crippen molar-refractivity contribution in [3.8, 4) is 0 Å². The lowest BCUT2D eigenvalue weighted by Crippen LogP contribution is -2.17. The minimum Gasteiger partial charge on any atom is -0.504 e. The van der Waals surface area contributed by atoms with Gasteiger partial charge in [0, 0.05) is 6.20 Å². The predicted octanol–water partition coefficient (Wildman–Crippen LogP) is -0.741. The first kappa shape index (κ1) is 8.48. The summed E-state index contributed by atoms with van der Waals surface area (Å²) >= 11 is 0. The summed E-state index contributed by atoms with van der Waals surface area (Å²) in [6, 6.07) is 0. The number of aliphatic hydroxyl groups is 1.